The van der Waals surface area contributed by atoms with Crippen LogP contribution in [0.25, 0.3) is 0 Å². The van der Waals surface area contributed by atoms with Crippen LogP contribution in [0.4, 0.5) is 5.82 Å². The molecule has 1 aliphatic rings. The molecule has 1 saturated heterocycles. The zero-order chi connectivity index (χ0) is 16.1. The molecule has 0 bridgehead atoms. The molecule has 1 aliphatic heterocycles. The zero-order valence-corrected chi connectivity index (χ0v) is 12.9. The Balaban J connectivity index is 1.57. The van der Waals surface area contributed by atoms with Crippen molar-refractivity contribution in [1.82, 2.24) is 14.9 Å². The number of ether oxygens (including phenoxy) is 1. The first-order valence-corrected chi connectivity index (χ1v) is 7.74. The molecule has 0 aromatic carbocycles. The summed E-state index contributed by atoms with van der Waals surface area (Å²) >= 11 is 0. The van der Waals surface area contributed by atoms with Crippen molar-refractivity contribution in [3.63, 3.8) is 0 Å². The summed E-state index contributed by atoms with van der Waals surface area (Å²) < 4.78 is 5.91. The zero-order valence-electron chi connectivity index (χ0n) is 12.9. The van der Waals surface area contributed by atoms with Crippen molar-refractivity contribution in [3.8, 4) is 0 Å². The number of aromatic nitrogens is 2. The topological polar surface area (TPSA) is 81.3 Å². The van der Waals surface area contributed by atoms with E-state index in [1.54, 1.807) is 18.3 Å². The fourth-order valence-electron chi connectivity index (χ4n) is 2.66. The SMILES string of the molecule is Nc1ccc(C(=O)N2CCC[C@H](OCc3ccccn3)C2)cn1. The van der Waals surface area contributed by atoms with Gasteiger partial charge < -0.3 is 15.4 Å². The van der Waals surface area contributed by atoms with Gasteiger partial charge in [-0.2, -0.15) is 0 Å². The summed E-state index contributed by atoms with van der Waals surface area (Å²) in [5.41, 5.74) is 7.02. The van der Waals surface area contributed by atoms with Gasteiger partial charge in [-0.25, -0.2) is 4.98 Å². The van der Waals surface area contributed by atoms with Crippen LogP contribution < -0.4 is 5.73 Å². The number of rotatable bonds is 4. The Morgan fingerprint density at radius 1 is 1.30 bits per heavy atom. The van der Waals surface area contributed by atoms with Gasteiger partial charge in [0.2, 0.25) is 0 Å². The lowest BCUT2D eigenvalue weighted by Crippen LogP contribution is -2.43. The molecule has 6 heteroatoms. The molecule has 2 aromatic heterocycles. The fourth-order valence-corrected chi connectivity index (χ4v) is 2.66. The lowest BCUT2D eigenvalue weighted by Gasteiger charge is -2.32. The molecule has 0 spiro atoms. The Bertz CT molecular complexity index is 645. The highest BCUT2D eigenvalue weighted by molar-refractivity contribution is 5.94. The minimum Gasteiger partial charge on any atom is -0.384 e. The molecule has 3 heterocycles. The molecule has 0 saturated carbocycles. The van der Waals surface area contributed by atoms with Gasteiger partial charge in [0.05, 0.1) is 24.0 Å². The van der Waals surface area contributed by atoms with Gasteiger partial charge in [-0.15, -0.1) is 0 Å². The van der Waals surface area contributed by atoms with Crippen LogP contribution in [0.5, 0.6) is 0 Å². The van der Waals surface area contributed by atoms with Crippen molar-refractivity contribution in [2.24, 2.45) is 0 Å². The minimum absolute atomic E-state index is 0.0244. The Labute approximate surface area is 135 Å². The van der Waals surface area contributed by atoms with E-state index in [2.05, 4.69) is 9.97 Å². The van der Waals surface area contributed by atoms with E-state index in [-0.39, 0.29) is 12.0 Å². The van der Waals surface area contributed by atoms with E-state index >= 15 is 0 Å². The highest BCUT2D eigenvalue weighted by Crippen LogP contribution is 2.17. The van der Waals surface area contributed by atoms with Gasteiger partial charge in [-0.3, -0.25) is 9.78 Å². The summed E-state index contributed by atoms with van der Waals surface area (Å²) in [5.74, 6) is 0.389. The second-order valence-corrected chi connectivity index (χ2v) is 5.62. The maximum absolute atomic E-state index is 12.5. The summed E-state index contributed by atoms with van der Waals surface area (Å²) in [6, 6.07) is 9.11. The van der Waals surface area contributed by atoms with Gasteiger partial charge in [-0.1, -0.05) is 6.07 Å². The van der Waals surface area contributed by atoms with Crippen molar-refractivity contribution >= 4 is 11.7 Å². The predicted octanol–water partition coefficient (Wildman–Crippen LogP) is 1.88. The van der Waals surface area contributed by atoms with Crippen molar-refractivity contribution in [2.75, 3.05) is 18.8 Å². The molecule has 1 atom stereocenters. The van der Waals surface area contributed by atoms with E-state index in [0.717, 1.165) is 25.1 Å². The second kappa shape index (κ2) is 7.19. The lowest BCUT2D eigenvalue weighted by molar-refractivity contribution is -0.00786. The average molecular weight is 312 g/mol. The predicted molar refractivity (Wildman–Crippen MR) is 86.6 cm³/mol. The van der Waals surface area contributed by atoms with E-state index in [4.69, 9.17) is 10.5 Å². The largest absolute Gasteiger partial charge is 0.384 e. The quantitative estimate of drug-likeness (QED) is 0.932. The Morgan fingerprint density at radius 3 is 2.96 bits per heavy atom. The maximum atomic E-state index is 12.5. The molecule has 1 amide bonds. The number of hydrogen-bond donors (Lipinski definition) is 1. The van der Waals surface area contributed by atoms with Gasteiger partial charge >= 0.3 is 0 Å². The number of anilines is 1. The lowest BCUT2D eigenvalue weighted by atomic mass is 10.1. The van der Waals surface area contributed by atoms with E-state index in [1.807, 2.05) is 23.1 Å². The van der Waals surface area contributed by atoms with E-state index in [1.165, 1.54) is 6.20 Å². The molecule has 0 aliphatic carbocycles. The first-order valence-electron chi connectivity index (χ1n) is 7.74. The Morgan fingerprint density at radius 2 is 2.22 bits per heavy atom. The average Bonchev–Trinajstić information content (AvgIpc) is 2.61. The summed E-state index contributed by atoms with van der Waals surface area (Å²) in [6.07, 6.45) is 5.20. The molecular formula is C17H20N4O2. The van der Waals surface area contributed by atoms with Gasteiger partial charge in [0, 0.05) is 25.5 Å². The first-order chi connectivity index (χ1) is 11.2. The van der Waals surface area contributed by atoms with E-state index in [0.29, 0.717) is 24.5 Å². The monoisotopic (exact) mass is 312 g/mol. The van der Waals surface area contributed by atoms with Crippen LogP contribution >= 0.6 is 0 Å². The molecule has 1 fully saturated rings. The molecule has 2 N–H and O–H groups in total. The number of carbonyl (C=O) groups is 1. The number of piperidine rings is 1. The minimum atomic E-state index is -0.0244. The van der Waals surface area contributed by atoms with Crippen LogP contribution in [0.15, 0.2) is 42.7 Å². The summed E-state index contributed by atoms with van der Waals surface area (Å²) in [7, 11) is 0. The number of nitrogens with zero attached hydrogens (tertiary/aromatic N) is 3. The van der Waals surface area contributed by atoms with Crippen molar-refractivity contribution in [2.45, 2.75) is 25.6 Å². The number of hydrogen-bond acceptors (Lipinski definition) is 5. The fraction of sp³-hybridized carbons (Fsp3) is 0.353. The van der Waals surface area contributed by atoms with Crippen LogP contribution in [0.1, 0.15) is 28.9 Å². The summed E-state index contributed by atoms with van der Waals surface area (Å²) in [5, 5.41) is 0. The van der Waals surface area contributed by atoms with Gasteiger partial charge in [-0.05, 0) is 37.1 Å². The maximum Gasteiger partial charge on any atom is 0.255 e. The molecular weight excluding hydrogens is 292 g/mol. The molecule has 23 heavy (non-hydrogen) atoms. The van der Waals surface area contributed by atoms with Crippen LogP contribution in [0.3, 0.4) is 0 Å². The highest BCUT2D eigenvalue weighted by Gasteiger charge is 2.25. The smallest absolute Gasteiger partial charge is 0.255 e. The summed E-state index contributed by atoms with van der Waals surface area (Å²) in [6.45, 7) is 1.81. The Kier molecular flexibility index (Phi) is 4.83. The number of nitrogen functional groups attached to an aromatic ring is 1. The van der Waals surface area contributed by atoms with E-state index in [9.17, 15) is 4.79 Å². The number of nitrogens with two attached hydrogens (primary N) is 1. The van der Waals surface area contributed by atoms with Gasteiger partial charge in [0.25, 0.3) is 5.91 Å². The third-order valence-corrected chi connectivity index (χ3v) is 3.89. The highest BCUT2D eigenvalue weighted by atomic mass is 16.5. The van der Waals surface area contributed by atoms with Crippen LogP contribution in [-0.2, 0) is 11.3 Å². The molecule has 6 nitrogen and oxygen atoms in total. The van der Waals surface area contributed by atoms with Gasteiger partial charge in [0.15, 0.2) is 0 Å². The normalized spacial score (nSPS) is 17.9. The second-order valence-electron chi connectivity index (χ2n) is 5.62. The molecule has 3 rings (SSSR count). The van der Waals surface area contributed by atoms with Gasteiger partial charge in [0.1, 0.15) is 5.82 Å². The van der Waals surface area contributed by atoms with Crippen LogP contribution in [0, 0.1) is 0 Å². The molecule has 0 unspecified atom stereocenters. The van der Waals surface area contributed by atoms with Crippen LogP contribution in [-0.4, -0.2) is 40.0 Å². The Hall–Kier alpha value is -2.47. The number of carbonyl (C=O) groups excluding carboxylic acids is 1. The molecule has 0 radical (unpaired) electrons. The van der Waals surface area contributed by atoms with E-state index < -0.39 is 0 Å². The van der Waals surface area contributed by atoms with Crippen molar-refractivity contribution < 1.29 is 9.53 Å². The third-order valence-electron chi connectivity index (χ3n) is 3.89. The summed E-state index contributed by atoms with van der Waals surface area (Å²) in [4.78, 5) is 22.6. The van der Waals surface area contributed by atoms with Crippen LogP contribution in [0.2, 0.25) is 0 Å². The first kappa shape index (κ1) is 15.4. The number of pyridine rings is 2. The third kappa shape index (κ3) is 4.04. The van der Waals surface area contributed by atoms with Crippen molar-refractivity contribution in [3.05, 3.63) is 54.0 Å². The molecule has 120 valence electrons. The number of amides is 1. The standard InChI is InChI=1S/C17H20N4O2/c18-16-7-6-13(10-20-16)17(22)21-9-3-5-15(11-21)23-12-14-4-1-2-8-19-14/h1-2,4,6-8,10,15H,3,5,9,11-12H2,(H2,18,20)/t15-/m0/s1. The number of likely N-dealkylation sites (tertiary alicyclic amines) is 1. The van der Waals surface area contributed by atoms with Crippen molar-refractivity contribution in [1.29, 1.82) is 0 Å². The molecule has 2 aromatic rings.